The molecule has 0 aliphatic carbocycles. The molecule has 2 aliphatic heterocycles. The lowest BCUT2D eigenvalue weighted by atomic mass is 10.1. The molecule has 35 heavy (non-hydrogen) atoms. The van der Waals surface area contributed by atoms with E-state index in [9.17, 15) is 9.30 Å². The molecule has 0 saturated carbocycles. The Labute approximate surface area is 206 Å². The number of nitroso groups, excluding NO2 is 1. The van der Waals surface area contributed by atoms with Crippen LogP contribution in [0.2, 0.25) is 0 Å². The molecule has 8 nitrogen and oxygen atoms in total. The van der Waals surface area contributed by atoms with Crippen LogP contribution in [0.15, 0.2) is 47.8 Å². The number of morpholine rings is 1. The topological polar surface area (TPSA) is 72.8 Å². The summed E-state index contributed by atoms with van der Waals surface area (Å²) in [7, 11) is 1.72. The van der Waals surface area contributed by atoms with Crippen LogP contribution in [-0.4, -0.2) is 69.3 Å². The fourth-order valence-electron chi connectivity index (χ4n) is 3.88. The maximum atomic E-state index is 13.2. The van der Waals surface area contributed by atoms with E-state index in [1.807, 2.05) is 32.0 Å². The molecule has 0 amide bonds. The molecule has 9 heteroatoms. The summed E-state index contributed by atoms with van der Waals surface area (Å²) in [5.41, 5.74) is 2.13. The van der Waals surface area contributed by atoms with Crippen LogP contribution in [0.4, 0.5) is 4.39 Å². The normalized spacial score (nSPS) is 17.7. The number of nitrogens with zero attached hydrogens (tertiary/aromatic N) is 3. The van der Waals surface area contributed by atoms with Crippen molar-refractivity contribution in [2.24, 2.45) is 11.2 Å². The quantitative estimate of drug-likeness (QED) is 0.400. The highest BCUT2D eigenvalue weighted by molar-refractivity contribution is 5.43. The third kappa shape index (κ3) is 8.67. The first-order valence-corrected chi connectivity index (χ1v) is 12.0. The SMILES string of the molecule is CC(C)CN(Cc1ccc2c(c1)OCC(F)CO2)N=O.COc1ccccc1CN1CCOCC1. The molecule has 0 bridgehead atoms. The number of ether oxygens (including phenoxy) is 4. The number of fused-ring (bicyclic) bond motifs is 1. The Morgan fingerprint density at radius 3 is 2.51 bits per heavy atom. The highest BCUT2D eigenvalue weighted by atomic mass is 19.1. The largest absolute Gasteiger partial charge is 0.496 e. The van der Waals surface area contributed by atoms with Gasteiger partial charge < -0.3 is 18.9 Å². The number of para-hydroxylation sites is 1. The van der Waals surface area contributed by atoms with E-state index in [2.05, 4.69) is 22.3 Å². The van der Waals surface area contributed by atoms with Crippen LogP contribution in [0.5, 0.6) is 17.2 Å². The minimum Gasteiger partial charge on any atom is -0.496 e. The highest BCUT2D eigenvalue weighted by Gasteiger charge is 2.18. The minimum atomic E-state index is -1.13. The molecule has 2 aromatic rings. The molecule has 0 aromatic heterocycles. The summed E-state index contributed by atoms with van der Waals surface area (Å²) in [6, 6.07) is 13.5. The third-order valence-corrected chi connectivity index (χ3v) is 5.59. The Balaban J connectivity index is 0.000000203. The Hall–Kier alpha value is -2.91. The maximum absolute atomic E-state index is 13.2. The van der Waals surface area contributed by atoms with Gasteiger partial charge in [0.1, 0.15) is 19.0 Å². The first-order valence-electron chi connectivity index (χ1n) is 12.0. The Morgan fingerprint density at radius 2 is 1.83 bits per heavy atom. The Kier molecular flexibility index (Phi) is 10.6. The van der Waals surface area contributed by atoms with Crippen molar-refractivity contribution in [3.05, 3.63) is 58.5 Å². The third-order valence-electron chi connectivity index (χ3n) is 5.59. The zero-order valence-corrected chi connectivity index (χ0v) is 20.8. The highest BCUT2D eigenvalue weighted by Crippen LogP contribution is 2.31. The predicted molar refractivity (Wildman–Crippen MR) is 132 cm³/mol. The number of halogens is 1. The van der Waals surface area contributed by atoms with Crippen LogP contribution in [0, 0.1) is 10.8 Å². The molecule has 1 unspecified atom stereocenters. The summed E-state index contributed by atoms with van der Waals surface area (Å²) in [5, 5.41) is 4.48. The van der Waals surface area contributed by atoms with Gasteiger partial charge in [0.05, 0.1) is 32.2 Å². The van der Waals surface area contributed by atoms with Gasteiger partial charge in [-0.05, 0) is 29.7 Å². The van der Waals surface area contributed by atoms with Gasteiger partial charge in [0.2, 0.25) is 0 Å². The molecule has 1 fully saturated rings. The van der Waals surface area contributed by atoms with Gasteiger partial charge in [-0.15, -0.1) is 4.91 Å². The van der Waals surface area contributed by atoms with Gasteiger partial charge in [-0.25, -0.2) is 4.39 Å². The van der Waals surface area contributed by atoms with Gasteiger partial charge in [-0.3, -0.25) is 9.91 Å². The van der Waals surface area contributed by atoms with E-state index in [0.717, 1.165) is 44.2 Å². The summed E-state index contributed by atoms with van der Waals surface area (Å²) >= 11 is 0. The zero-order valence-electron chi connectivity index (χ0n) is 20.8. The number of methoxy groups -OCH3 is 1. The fraction of sp³-hybridized carbons (Fsp3) is 0.538. The van der Waals surface area contributed by atoms with Crippen molar-refractivity contribution in [2.75, 3.05) is 53.2 Å². The summed E-state index contributed by atoms with van der Waals surface area (Å²) in [6.07, 6.45) is -1.13. The maximum Gasteiger partial charge on any atom is 0.168 e. The van der Waals surface area contributed by atoms with Crippen LogP contribution in [-0.2, 0) is 17.8 Å². The number of hydrogen-bond acceptors (Lipinski definition) is 7. The second-order valence-corrected chi connectivity index (χ2v) is 9.02. The van der Waals surface area contributed by atoms with Crippen LogP contribution in [0.3, 0.4) is 0 Å². The second-order valence-electron chi connectivity index (χ2n) is 9.02. The molecule has 0 spiro atoms. The average molecular weight is 490 g/mol. The van der Waals surface area contributed by atoms with Gasteiger partial charge in [0.15, 0.2) is 17.7 Å². The smallest absolute Gasteiger partial charge is 0.168 e. The summed E-state index contributed by atoms with van der Waals surface area (Å²) in [4.78, 5) is 13.2. The first-order chi connectivity index (χ1) is 17.0. The predicted octanol–water partition coefficient (Wildman–Crippen LogP) is 4.46. The lowest BCUT2D eigenvalue weighted by Gasteiger charge is -2.27. The first kappa shape index (κ1) is 26.7. The lowest BCUT2D eigenvalue weighted by molar-refractivity contribution is 0.0339. The number of alkyl halides is 1. The van der Waals surface area contributed by atoms with Crippen molar-refractivity contribution in [3.8, 4) is 17.2 Å². The summed E-state index contributed by atoms with van der Waals surface area (Å²) < 4.78 is 34.5. The molecule has 0 N–H and O–H groups in total. The number of hydrogen-bond donors (Lipinski definition) is 0. The molecule has 4 rings (SSSR count). The van der Waals surface area contributed by atoms with Crippen LogP contribution in [0.1, 0.15) is 25.0 Å². The minimum absolute atomic E-state index is 0.00170. The van der Waals surface area contributed by atoms with E-state index >= 15 is 0 Å². The van der Waals surface area contributed by atoms with E-state index in [1.54, 1.807) is 19.2 Å². The van der Waals surface area contributed by atoms with Crippen molar-refractivity contribution >= 4 is 0 Å². The van der Waals surface area contributed by atoms with E-state index in [-0.39, 0.29) is 13.2 Å². The molecule has 2 aliphatic rings. The molecule has 1 atom stereocenters. The van der Waals surface area contributed by atoms with Gasteiger partial charge >= 0.3 is 0 Å². The van der Waals surface area contributed by atoms with E-state index < -0.39 is 6.17 Å². The summed E-state index contributed by atoms with van der Waals surface area (Å²) in [5.74, 6) is 2.37. The van der Waals surface area contributed by atoms with E-state index in [0.29, 0.717) is 30.5 Å². The van der Waals surface area contributed by atoms with E-state index in [4.69, 9.17) is 18.9 Å². The van der Waals surface area contributed by atoms with Gasteiger partial charge in [0.25, 0.3) is 0 Å². The molecule has 0 radical (unpaired) electrons. The number of rotatable bonds is 8. The zero-order chi connectivity index (χ0) is 25.0. The van der Waals surface area contributed by atoms with Crippen molar-refractivity contribution in [3.63, 3.8) is 0 Å². The molecular weight excluding hydrogens is 453 g/mol. The van der Waals surface area contributed by atoms with Crippen molar-refractivity contribution < 1.29 is 23.3 Å². The van der Waals surface area contributed by atoms with Gasteiger partial charge in [-0.1, -0.05) is 38.1 Å². The second kappa shape index (κ2) is 13.8. The van der Waals surface area contributed by atoms with Crippen LogP contribution < -0.4 is 14.2 Å². The number of benzene rings is 2. The lowest BCUT2D eigenvalue weighted by Crippen LogP contribution is -2.35. The molecule has 2 aromatic carbocycles. The molecule has 2 heterocycles. The fourth-order valence-corrected chi connectivity index (χ4v) is 3.88. The monoisotopic (exact) mass is 489 g/mol. The Morgan fingerprint density at radius 1 is 1.11 bits per heavy atom. The Bertz CT molecular complexity index is 924. The average Bonchev–Trinajstić information content (AvgIpc) is 3.06. The summed E-state index contributed by atoms with van der Waals surface area (Å²) in [6.45, 7) is 9.68. The van der Waals surface area contributed by atoms with Crippen molar-refractivity contribution in [1.29, 1.82) is 0 Å². The van der Waals surface area contributed by atoms with Crippen LogP contribution in [0.25, 0.3) is 0 Å². The molecule has 1 saturated heterocycles. The van der Waals surface area contributed by atoms with Gasteiger partial charge in [0, 0.05) is 31.7 Å². The van der Waals surface area contributed by atoms with Gasteiger partial charge in [-0.2, -0.15) is 0 Å². The van der Waals surface area contributed by atoms with Crippen LogP contribution >= 0.6 is 0 Å². The molecular formula is C26H36FN3O5. The van der Waals surface area contributed by atoms with Crippen molar-refractivity contribution in [1.82, 2.24) is 9.91 Å². The molecule has 192 valence electrons. The van der Waals surface area contributed by atoms with E-state index in [1.165, 1.54) is 10.6 Å². The standard InChI is InChI=1S/C14H19FN2O3.C12H17NO2/c1-10(2)6-17(16-18)7-11-3-4-13-14(5-11)20-9-12(15)8-19-13;1-14-12-5-3-2-4-11(12)10-13-6-8-15-9-7-13/h3-5,10,12H,6-9H2,1-2H3;2-5H,6-10H2,1H3. The van der Waals surface area contributed by atoms with Crippen molar-refractivity contribution in [2.45, 2.75) is 33.1 Å².